The molecule has 4 atom stereocenters. The number of carbonyl (C=O) groups excluding carboxylic acids is 7. The van der Waals surface area contributed by atoms with Crippen LogP contribution in [-0.2, 0) is 24.0 Å². The number of ether oxygens (including phenoxy) is 1. The Labute approximate surface area is 336 Å². The molecule has 3 aliphatic rings. The number of carbonyl (C=O) groups is 7. The quantitative estimate of drug-likeness (QED) is 0.0471. The van der Waals surface area contributed by atoms with Gasteiger partial charge in [-0.05, 0) is 50.6 Å². The molecule has 3 aromatic rings. The van der Waals surface area contributed by atoms with Crippen LogP contribution in [0, 0.1) is 0 Å². The minimum Gasteiger partial charge on any atom is -0.548 e. The van der Waals surface area contributed by atoms with Gasteiger partial charge < -0.3 is 45.9 Å². The zero-order chi connectivity index (χ0) is 38.6. The van der Waals surface area contributed by atoms with Crippen molar-refractivity contribution < 1.29 is 78.1 Å². The molecule has 54 heavy (non-hydrogen) atoms. The van der Waals surface area contributed by atoms with Gasteiger partial charge in [-0.3, -0.25) is 24.1 Å². The van der Waals surface area contributed by atoms with Crippen LogP contribution in [0.2, 0.25) is 0 Å². The molecule has 5 N–H and O–H groups in total. The first kappa shape index (κ1) is 41.7. The summed E-state index contributed by atoms with van der Waals surface area (Å²) in [5.41, 5.74) is 6.34. The molecule has 0 bridgehead atoms. The molecule has 3 aromatic carbocycles. The van der Waals surface area contributed by atoms with Gasteiger partial charge in [-0.15, -0.1) is 11.8 Å². The fraction of sp³-hybridized carbons (Fsp3) is 0.306. The van der Waals surface area contributed by atoms with E-state index in [9.17, 15) is 43.8 Å². The Morgan fingerprint density at radius 2 is 1.61 bits per heavy atom. The van der Waals surface area contributed by atoms with E-state index in [1.54, 1.807) is 75.4 Å². The fourth-order valence-electron chi connectivity index (χ4n) is 6.05. The Hall–Kier alpha value is -5.10. The standard InChI is InChI=1S/C23H27N5O7S.C13H11NO3.Na/c1-4-26-10-11-27(19(32)18(26)31)22(35)25-13(12-8-6-5-7-9-12)16(29)24-14-17(30)28-15(21(33)34)23(2,3)36-20(14)28;14-9-6-7-11(12(15)8-9)13(16)17-10-4-2-1-3-5-10;/h5-9,13-15,20H,4,10-11H2,1-3H3,(H,24,29)(H,25,35)(H,33,34);1-8,15H,14H2;/q;;+1/p-1/t13-,14-,15+,20-;;/m1../s1. The molecule has 0 unspecified atom stereocenters. The van der Waals surface area contributed by atoms with Crippen LogP contribution in [0.15, 0.2) is 78.9 Å². The van der Waals surface area contributed by atoms with E-state index in [1.807, 2.05) is 6.07 Å². The van der Waals surface area contributed by atoms with Crippen LogP contribution >= 0.6 is 11.8 Å². The number of phenolic OH excluding ortho intramolecular Hbond substituents is 1. The average molecular weight is 769 g/mol. The number of carboxylic acids is 1. The van der Waals surface area contributed by atoms with Crippen LogP contribution in [0.4, 0.5) is 10.5 Å². The molecule has 0 radical (unpaired) electrons. The summed E-state index contributed by atoms with van der Waals surface area (Å²) < 4.78 is 4.26. The van der Waals surface area contributed by atoms with Crippen LogP contribution in [0.1, 0.15) is 42.7 Å². The van der Waals surface area contributed by atoms with Crippen LogP contribution in [-0.4, -0.2) is 103 Å². The van der Waals surface area contributed by atoms with Gasteiger partial charge in [0, 0.05) is 36.1 Å². The summed E-state index contributed by atoms with van der Waals surface area (Å²) in [5, 5.41) is 25.7. The summed E-state index contributed by atoms with van der Waals surface area (Å²) in [5.74, 6) is -4.82. The van der Waals surface area contributed by atoms with E-state index < -0.39 is 69.8 Å². The fourth-order valence-corrected chi connectivity index (χ4v) is 7.67. The van der Waals surface area contributed by atoms with Gasteiger partial charge in [0.1, 0.15) is 34.5 Å². The predicted octanol–water partition coefficient (Wildman–Crippen LogP) is -2.38. The number of imide groups is 1. The smallest absolute Gasteiger partial charge is 0.548 e. The maximum atomic E-state index is 13.3. The van der Waals surface area contributed by atoms with Crippen molar-refractivity contribution >= 4 is 59.0 Å². The number of phenols is 1. The van der Waals surface area contributed by atoms with E-state index in [1.165, 1.54) is 39.8 Å². The zero-order valence-electron chi connectivity index (χ0n) is 29.9. The van der Waals surface area contributed by atoms with E-state index in [-0.39, 0.29) is 54.0 Å². The van der Waals surface area contributed by atoms with Crippen molar-refractivity contribution in [2.45, 2.75) is 49.0 Å². The van der Waals surface area contributed by atoms with E-state index in [0.29, 0.717) is 23.5 Å². The molecule has 0 spiro atoms. The number of benzene rings is 3. The Balaban J connectivity index is 0.000000302. The number of amides is 6. The zero-order valence-corrected chi connectivity index (χ0v) is 32.7. The van der Waals surface area contributed by atoms with Gasteiger partial charge in [-0.25, -0.2) is 9.59 Å². The summed E-state index contributed by atoms with van der Waals surface area (Å²) in [6, 6.07) is 16.8. The first-order valence-corrected chi connectivity index (χ1v) is 17.4. The largest absolute Gasteiger partial charge is 1.00 e. The minimum absolute atomic E-state index is 0. The number of esters is 1. The van der Waals surface area contributed by atoms with Crippen LogP contribution in [0.5, 0.6) is 11.5 Å². The number of piperazine rings is 1. The molecule has 18 heteroatoms. The van der Waals surface area contributed by atoms with Gasteiger partial charge in [0.2, 0.25) is 11.8 Å². The van der Waals surface area contributed by atoms with Crippen molar-refractivity contribution in [2.24, 2.45) is 0 Å². The molecular formula is C36H37N6NaO10S. The summed E-state index contributed by atoms with van der Waals surface area (Å²) in [6.07, 6.45) is 0. The van der Waals surface area contributed by atoms with Crippen LogP contribution in [0.25, 0.3) is 0 Å². The number of rotatable bonds is 8. The molecule has 6 amide bonds. The summed E-state index contributed by atoms with van der Waals surface area (Å²) >= 11 is 1.24. The Kier molecular flexibility index (Phi) is 13.4. The van der Waals surface area contributed by atoms with Crippen molar-refractivity contribution in [1.82, 2.24) is 25.3 Å². The van der Waals surface area contributed by atoms with E-state index >= 15 is 0 Å². The SMILES string of the molecule is CCN1CCN(C(=O)N[C@@H](C(=O)N[C@@H]2C(=O)N3[C@@H]2SC(C)(C)[C@@H]3C(=O)[O-])c2ccccc2)C(=O)C1=O.Nc1ccc(C(=O)Oc2ccccc2)c(O)c1.[Na+]. The first-order chi connectivity index (χ1) is 25.1. The molecule has 3 saturated heterocycles. The van der Waals surface area contributed by atoms with Crippen molar-refractivity contribution in [3.05, 3.63) is 90.0 Å². The van der Waals surface area contributed by atoms with Crippen LogP contribution in [0.3, 0.4) is 0 Å². The second-order valence-corrected chi connectivity index (χ2v) is 14.5. The Morgan fingerprint density at radius 3 is 2.20 bits per heavy atom. The number of nitrogens with two attached hydrogens (primary N) is 1. The van der Waals surface area contributed by atoms with Gasteiger partial charge >= 0.3 is 53.4 Å². The number of nitrogens with zero attached hydrogens (tertiary/aromatic N) is 3. The predicted molar refractivity (Wildman–Crippen MR) is 189 cm³/mol. The van der Waals surface area contributed by atoms with Gasteiger partial charge in [-0.1, -0.05) is 48.5 Å². The number of thioether (sulfide) groups is 1. The van der Waals surface area contributed by atoms with Crippen molar-refractivity contribution in [1.29, 1.82) is 0 Å². The van der Waals surface area contributed by atoms with Crippen LogP contribution < -0.4 is 55.8 Å². The van der Waals surface area contributed by atoms with Crippen molar-refractivity contribution in [3.63, 3.8) is 0 Å². The van der Waals surface area contributed by atoms with Gasteiger partial charge in [0.15, 0.2) is 0 Å². The van der Waals surface area contributed by atoms with Gasteiger partial charge in [-0.2, -0.15) is 0 Å². The van der Waals surface area contributed by atoms with Gasteiger partial charge in [0.25, 0.3) is 0 Å². The summed E-state index contributed by atoms with van der Waals surface area (Å²) in [4.78, 5) is 90.3. The average Bonchev–Trinajstić information content (AvgIpc) is 3.39. The first-order valence-electron chi connectivity index (χ1n) is 16.5. The summed E-state index contributed by atoms with van der Waals surface area (Å²) in [7, 11) is 0. The molecule has 278 valence electrons. The number of para-hydroxylation sites is 1. The number of nitrogens with one attached hydrogen (secondary N) is 2. The third-order valence-corrected chi connectivity index (χ3v) is 10.3. The van der Waals surface area contributed by atoms with Crippen molar-refractivity contribution in [3.8, 4) is 11.5 Å². The second-order valence-electron chi connectivity index (χ2n) is 12.7. The number of fused-ring (bicyclic) bond motifs is 1. The topological polar surface area (TPSA) is 232 Å². The maximum absolute atomic E-state index is 13.3. The molecule has 16 nitrogen and oxygen atoms in total. The molecule has 0 saturated carbocycles. The molecule has 3 heterocycles. The number of anilines is 1. The molecule has 3 aliphatic heterocycles. The second kappa shape index (κ2) is 17.4. The number of hydrogen-bond acceptors (Lipinski definition) is 12. The number of urea groups is 1. The Morgan fingerprint density at radius 1 is 0.981 bits per heavy atom. The number of likely N-dealkylation sites (N-methyl/N-ethyl adjacent to an activating group) is 1. The van der Waals surface area contributed by atoms with E-state index in [4.69, 9.17) is 10.5 Å². The number of aliphatic carboxylic acids is 1. The maximum Gasteiger partial charge on any atom is 1.00 e. The number of aromatic hydroxyl groups is 1. The molecular weight excluding hydrogens is 731 g/mol. The number of carboxylic acid groups (broad SMARTS) is 1. The van der Waals surface area contributed by atoms with Crippen molar-refractivity contribution in [2.75, 3.05) is 25.4 Å². The third-order valence-electron chi connectivity index (χ3n) is 8.76. The van der Waals surface area contributed by atoms with E-state index in [0.717, 1.165) is 4.90 Å². The molecule has 6 rings (SSSR count). The Bertz CT molecular complexity index is 1940. The number of hydrogen-bond donors (Lipinski definition) is 4. The monoisotopic (exact) mass is 768 g/mol. The van der Waals surface area contributed by atoms with Gasteiger partial charge in [0.05, 0.1) is 12.0 Å². The third kappa shape index (κ3) is 8.81. The number of β-lactam (4-membered cyclic amide) rings is 1. The minimum atomic E-state index is -1.37. The van der Waals surface area contributed by atoms with E-state index in [2.05, 4.69) is 10.6 Å². The molecule has 3 fully saturated rings. The number of nitrogen functional groups attached to an aromatic ring is 1. The normalized spacial score (nSPS) is 20.2. The molecule has 0 aliphatic carbocycles. The molecule has 0 aromatic heterocycles. The summed E-state index contributed by atoms with van der Waals surface area (Å²) in [6.45, 7) is 5.58.